The summed E-state index contributed by atoms with van der Waals surface area (Å²) in [5.41, 5.74) is 0. The lowest BCUT2D eigenvalue weighted by molar-refractivity contribution is 0.446. The molecule has 0 aliphatic heterocycles. The highest BCUT2D eigenvalue weighted by Crippen LogP contribution is 2.04. The van der Waals surface area contributed by atoms with Crippen molar-refractivity contribution in [2.75, 3.05) is 33.2 Å². The Morgan fingerprint density at radius 2 is 2.21 bits per heavy atom. The Morgan fingerprint density at radius 1 is 1.42 bits per heavy atom. The third-order valence-corrected chi connectivity index (χ3v) is 5.01. The van der Waals surface area contributed by atoms with Gasteiger partial charge in [-0.1, -0.05) is 6.92 Å². The van der Waals surface area contributed by atoms with Crippen LogP contribution in [0.1, 0.15) is 18.4 Å². The molecule has 0 bridgehead atoms. The van der Waals surface area contributed by atoms with E-state index >= 15 is 0 Å². The summed E-state index contributed by atoms with van der Waals surface area (Å²) in [5.74, 6) is 0. The summed E-state index contributed by atoms with van der Waals surface area (Å²) in [7, 11) is -1.77. The second-order valence-electron chi connectivity index (χ2n) is 4.10. The smallest absolute Gasteiger partial charge is 0.279 e. The van der Waals surface area contributed by atoms with Crippen LogP contribution in [-0.2, 0) is 16.6 Å². The predicted octanol–water partition coefficient (Wildman–Crippen LogP) is 0.451. The van der Waals surface area contributed by atoms with E-state index in [1.165, 1.54) is 15.6 Å². The summed E-state index contributed by atoms with van der Waals surface area (Å²) in [6, 6.07) is 0. The van der Waals surface area contributed by atoms with Crippen molar-refractivity contribution < 1.29 is 8.42 Å². The molecule has 0 spiro atoms. The predicted molar refractivity (Wildman–Crippen MR) is 78.5 cm³/mol. The van der Waals surface area contributed by atoms with Gasteiger partial charge in [0.2, 0.25) is 0 Å². The molecular formula is C11H22N4O2S2. The van der Waals surface area contributed by atoms with Gasteiger partial charge in [-0.05, 0) is 19.5 Å². The van der Waals surface area contributed by atoms with Gasteiger partial charge in [-0.25, -0.2) is 9.71 Å². The van der Waals surface area contributed by atoms with Crippen molar-refractivity contribution in [3.8, 4) is 0 Å². The Morgan fingerprint density at radius 3 is 2.84 bits per heavy atom. The maximum Gasteiger partial charge on any atom is 0.279 e. The lowest BCUT2D eigenvalue weighted by Gasteiger charge is -2.17. The van der Waals surface area contributed by atoms with E-state index in [0.29, 0.717) is 19.5 Å². The van der Waals surface area contributed by atoms with E-state index in [1.54, 1.807) is 13.2 Å². The standard InChI is InChI=1S/C11H22N4O2S2/c1-3-12-6-4-9-15(2)19(16,17)14-7-5-11-13-8-10-18-11/h8,10,12,14H,3-7,9H2,1-2H3. The Balaban J connectivity index is 2.25. The van der Waals surface area contributed by atoms with Crippen LogP contribution in [0.3, 0.4) is 0 Å². The van der Waals surface area contributed by atoms with Gasteiger partial charge in [0.1, 0.15) is 0 Å². The van der Waals surface area contributed by atoms with Gasteiger partial charge in [0, 0.05) is 38.1 Å². The topological polar surface area (TPSA) is 74.3 Å². The Kier molecular flexibility index (Phi) is 7.47. The van der Waals surface area contributed by atoms with E-state index in [4.69, 9.17) is 0 Å². The molecular weight excluding hydrogens is 284 g/mol. The summed E-state index contributed by atoms with van der Waals surface area (Å²) in [5, 5.41) is 6.00. The van der Waals surface area contributed by atoms with E-state index in [-0.39, 0.29) is 0 Å². The van der Waals surface area contributed by atoms with Crippen LogP contribution in [0.4, 0.5) is 0 Å². The molecule has 2 N–H and O–H groups in total. The van der Waals surface area contributed by atoms with E-state index in [9.17, 15) is 8.42 Å². The second-order valence-corrected chi connectivity index (χ2v) is 6.95. The number of nitrogens with zero attached hydrogens (tertiary/aromatic N) is 2. The van der Waals surface area contributed by atoms with Crippen molar-refractivity contribution in [1.82, 2.24) is 19.3 Å². The molecule has 0 atom stereocenters. The molecule has 0 fully saturated rings. The first-order chi connectivity index (χ1) is 9.06. The minimum atomic E-state index is -3.37. The average molecular weight is 306 g/mol. The van der Waals surface area contributed by atoms with Crippen LogP contribution in [0.25, 0.3) is 0 Å². The third-order valence-electron chi connectivity index (χ3n) is 2.59. The zero-order valence-electron chi connectivity index (χ0n) is 11.4. The van der Waals surface area contributed by atoms with Crippen LogP contribution in [0.15, 0.2) is 11.6 Å². The Labute approximate surface area is 119 Å². The fraction of sp³-hybridized carbons (Fsp3) is 0.727. The van der Waals surface area contributed by atoms with Crippen LogP contribution < -0.4 is 10.0 Å². The summed E-state index contributed by atoms with van der Waals surface area (Å²) in [6.45, 7) is 4.66. The van der Waals surface area contributed by atoms with Crippen LogP contribution >= 0.6 is 11.3 Å². The van der Waals surface area contributed by atoms with Gasteiger partial charge in [0.15, 0.2) is 0 Å². The minimum Gasteiger partial charge on any atom is -0.317 e. The molecule has 1 aromatic rings. The quantitative estimate of drug-likeness (QED) is 0.616. The van der Waals surface area contributed by atoms with E-state index in [0.717, 1.165) is 24.5 Å². The zero-order valence-corrected chi connectivity index (χ0v) is 13.1. The average Bonchev–Trinajstić information content (AvgIpc) is 2.87. The van der Waals surface area contributed by atoms with E-state index in [1.807, 2.05) is 12.3 Å². The number of hydrogen-bond acceptors (Lipinski definition) is 5. The Bertz CT molecular complexity index is 434. The molecule has 0 aromatic carbocycles. The van der Waals surface area contributed by atoms with Gasteiger partial charge in [-0.15, -0.1) is 11.3 Å². The monoisotopic (exact) mass is 306 g/mol. The SMILES string of the molecule is CCNCCCN(C)S(=O)(=O)NCCc1nccs1. The highest BCUT2D eigenvalue weighted by molar-refractivity contribution is 7.87. The minimum absolute atomic E-state index is 0.382. The number of thiazole rings is 1. The fourth-order valence-electron chi connectivity index (χ4n) is 1.50. The first kappa shape index (κ1) is 16.5. The first-order valence-electron chi connectivity index (χ1n) is 6.36. The van der Waals surface area contributed by atoms with Gasteiger partial charge in [0.25, 0.3) is 10.2 Å². The molecule has 0 aliphatic rings. The molecule has 1 heterocycles. The first-order valence-corrected chi connectivity index (χ1v) is 8.68. The Hall–Kier alpha value is -0.540. The second kappa shape index (κ2) is 8.60. The highest BCUT2D eigenvalue weighted by atomic mass is 32.2. The molecule has 1 aromatic heterocycles. The molecule has 0 saturated heterocycles. The van der Waals surface area contributed by atoms with Crippen molar-refractivity contribution >= 4 is 21.5 Å². The van der Waals surface area contributed by atoms with E-state index < -0.39 is 10.2 Å². The molecule has 0 radical (unpaired) electrons. The number of hydrogen-bond donors (Lipinski definition) is 2. The summed E-state index contributed by atoms with van der Waals surface area (Å²) >= 11 is 1.53. The van der Waals surface area contributed by atoms with Crippen molar-refractivity contribution in [1.29, 1.82) is 0 Å². The summed E-state index contributed by atoms with van der Waals surface area (Å²) in [4.78, 5) is 4.11. The van der Waals surface area contributed by atoms with Crippen molar-refractivity contribution in [2.24, 2.45) is 0 Å². The molecule has 110 valence electrons. The van der Waals surface area contributed by atoms with Gasteiger partial charge in [0.05, 0.1) is 5.01 Å². The third kappa shape index (κ3) is 6.44. The molecule has 1 rings (SSSR count). The zero-order chi connectivity index (χ0) is 14.1. The van der Waals surface area contributed by atoms with Gasteiger partial charge in [-0.2, -0.15) is 12.7 Å². The number of nitrogens with one attached hydrogen (secondary N) is 2. The lowest BCUT2D eigenvalue weighted by Crippen LogP contribution is -2.40. The fourth-order valence-corrected chi connectivity index (χ4v) is 3.07. The van der Waals surface area contributed by atoms with Crippen LogP contribution in [0.2, 0.25) is 0 Å². The summed E-state index contributed by atoms with van der Waals surface area (Å²) < 4.78 is 27.7. The number of rotatable bonds is 10. The molecule has 0 aliphatic carbocycles. The lowest BCUT2D eigenvalue weighted by atomic mass is 10.4. The highest BCUT2D eigenvalue weighted by Gasteiger charge is 2.16. The van der Waals surface area contributed by atoms with Crippen molar-refractivity contribution in [2.45, 2.75) is 19.8 Å². The molecule has 0 amide bonds. The maximum absolute atomic E-state index is 11.9. The van der Waals surface area contributed by atoms with Gasteiger partial charge in [-0.3, -0.25) is 0 Å². The largest absolute Gasteiger partial charge is 0.317 e. The van der Waals surface area contributed by atoms with Crippen LogP contribution in [-0.4, -0.2) is 50.9 Å². The van der Waals surface area contributed by atoms with Crippen LogP contribution in [0, 0.1) is 0 Å². The molecule has 6 nitrogen and oxygen atoms in total. The molecule has 19 heavy (non-hydrogen) atoms. The summed E-state index contributed by atoms with van der Waals surface area (Å²) in [6.07, 6.45) is 3.15. The maximum atomic E-state index is 11.9. The van der Waals surface area contributed by atoms with E-state index in [2.05, 4.69) is 15.0 Å². The molecule has 8 heteroatoms. The normalized spacial score (nSPS) is 12.2. The van der Waals surface area contributed by atoms with Gasteiger partial charge < -0.3 is 5.32 Å². The van der Waals surface area contributed by atoms with Crippen LogP contribution in [0.5, 0.6) is 0 Å². The molecule has 0 unspecified atom stereocenters. The van der Waals surface area contributed by atoms with Crippen molar-refractivity contribution in [3.63, 3.8) is 0 Å². The van der Waals surface area contributed by atoms with Crippen molar-refractivity contribution in [3.05, 3.63) is 16.6 Å². The molecule has 0 saturated carbocycles. The number of aromatic nitrogens is 1. The van der Waals surface area contributed by atoms with Gasteiger partial charge >= 0.3 is 0 Å².